The van der Waals surface area contributed by atoms with Gasteiger partial charge in [-0.25, -0.2) is 0 Å². The maximum atomic E-state index is 11.8. The van der Waals surface area contributed by atoms with Crippen LogP contribution in [0.4, 0.5) is 0 Å². The summed E-state index contributed by atoms with van der Waals surface area (Å²) < 4.78 is 5.18. The van der Waals surface area contributed by atoms with Gasteiger partial charge in [-0.05, 0) is 41.5 Å². The molecule has 0 amide bonds. The molecule has 0 saturated carbocycles. The van der Waals surface area contributed by atoms with Gasteiger partial charge < -0.3 is 9.84 Å². The number of rotatable bonds is 4. The van der Waals surface area contributed by atoms with Gasteiger partial charge in [-0.2, -0.15) is 0 Å². The average Bonchev–Trinajstić information content (AvgIpc) is 1.95. The Morgan fingerprint density at radius 2 is 1.61 bits per heavy atom. The van der Waals surface area contributed by atoms with Crippen LogP contribution >= 0.6 is 12.4 Å². The number of halogens is 1. The molecule has 2 N–H and O–H groups in total. The van der Waals surface area contributed by atoms with Crippen molar-refractivity contribution < 1.29 is 19.4 Å². The fraction of sp³-hybridized carbons (Fsp3) is 0.833. The molecule has 0 fully saturated rings. The van der Waals surface area contributed by atoms with Crippen LogP contribution in [0.15, 0.2) is 0 Å². The van der Waals surface area contributed by atoms with Crippen LogP contribution in [-0.4, -0.2) is 34.2 Å². The highest BCUT2D eigenvalue weighted by Crippen LogP contribution is 2.12. The zero-order valence-corrected chi connectivity index (χ0v) is 12.7. The molecule has 0 unspecified atom stereocenters. The molecule has 0 spiro atoms. The Balaban J connectivity index is 0. The lowest BCUT2D eigenvalue weighted by Gasteiger charge is -2.29. The average molecular weight is 282 g/mol. The number of carboxylic acids is 1. The predicted molar refractivity (Wildman–Crippen MR) is 72.0 cm³/mol. The summed E-state index contributed by atoms with van der Waals surface area (Å²) in [6.45, 7) is 10.9. The van der Waals surface area contributed by atoms with E-state index in [1.54, 1.807) is 20.8 Å². The summed E-state index contributed by atoms with van der Waals surface area (Å²) >= 11 is 0. The number of hydrogen-bond donors (Lipinski definition) is 2. The molecule has 1 atom stereocenters. The van der Waals surface area contributed by atoms with Gasteiger partial charge in [0, 0.05) is 5.54 Å². The number of esters is 1. The normalized spacial score (nSPS) is 13.4. The van der Waals surface area contributed by atoms with E-state index >= 15 is 0 Å². The van der Waals surface area contributed by atoms with Crippen LogP contribution in [0.25, 0.3) is 0 Å². The number of nitrogens with one attached hydrogen (secondary N) is 1. The standard InChI is InChI=1S/C12H23NO4.ClH/c1-11(2,3)13-8(7-9(14)15)10(16)17-12(4,5)6;/h8,13H,7H2,1-6H3,(H,14,15);1H/t8-;/m0./s1. The molecule has 6 heteroatoms. The van der Waals surface area contributed by atoms with Gasteiger partial charge in [0.2, 0.25) is 0 Å². The van der Waals surface area contributed by atoms with Crippen LogP contribution in [0.1, 0.15) is 48.0 Å². The first-order valence-electron chi connectivity index (χ1n) is 5.63. The summed E-state index contributed by atoms with van der Waals surface area (Å²) in [6, 6.07) is -0.827. The molecular formula is C12H24ClNO4. The number of carboxylic acid groups (broad SMARTS) is 1. The van der Waals surface area contributed by atoms with Crippen LogP contribution in [0.5, 0.6) is 0 Å². The van der Waals surface area contributed by atoms with Crippen molar-refractivity contribution >= 4 is 24.3 Å². The Morgan fingerprint density at radius 3 is 1.89 bits per heavy atom. The van der Waals surface area contributed by atoms with Gasteiger partial charge in [-0.3, -0.25) is 14.9 Å². The maximum Gasteiger partial charge on any atom is 0.324 e. The molecule has 0 aliphatic heterocycles. The lowest BCUT2D eigenvalue weighted by atomic mass is 10.1. The van der Waals surface area contributed by atoms with E-state index in [1.807, 2.05) is 20.8 Å². The Kier molecular flexibility index (Phi) is 7.54. The van der Waals surface area contributed by atoms with Crippen LogP contribution in [0.3, 0.4) is 0 Å². The second-order valence-corrected chi connectivity index (χ2v) is 6.08. The zero-order chi connectivity index (χ0) is 13.9. The molecule has 0 aliphatic carbocycles. The SMILES string of the molecule is CC(C)(C)N[C@@H](CC(=O)O)C(=O)OC(C)(C)C.Cl. The quantitative estimate of drug-likeness (QED) is 0.771. The van der Waals surface area contributed by atoms with Crippen molar-refractivity contribution in [3.05, 3.63) is 0 Å². The van der Waals surface area contributed by atoms with E-state index in [0.717, 1.165) is 0 Å². The molecule has 0 aromatic rings. The third-order valence-corrected chi connectivity index (χ3v) is 1.68. The summed E-state index contributed by atoms with van der Waals surface area (Å²) in [5.74, 6) is -1.56. The van der Waals surface area contributed by atoms with Gasteiger partial charge in [-0.15, -0.1) is 12.4 Å². The minimum Gasteiger partial charge on any atom is -0.481 e. The smallest absolute Gasteiger partial charge is 0.324 e. The predicted octanol–water partition coefficient (Wildman–Crippen LogP) is 1.98. The van der Waals surface area contributed by atoms with Gasteiger partial charge in [0.25, 0.3) is 0 Å². The van der Waals surface area contributed by atoms with Crippen LogP contribution in [0, 0.1) is 0 Å². The summed E-state index contributed by atoms with van der Waals surface area (Å²) in [4.78, 5) is 22.5. The minimum absolute atomic E-state index is 0. The first-order chi connectivity index (χ1) is 7.41. The largest absolute Gasteiger partial charge is 0.481 e. The third kappa shape index (κ3) is 10.4. The van der Waals surface area contributed by atoms with Crippen molar-refractivity contribution in [2.24, 2.45) is 0 Å². The van der Waals surface area contributed by atoms with Gasteiger partial charge >= 0.3 is 11.9 Å². The highest BCUT2D eigenvalue weighted by atomic mass is 35.5. The Bertz CT molecular complexity index is 291. The molecule has 5 nitrogen and oxygen atoms in total. The first kappa shape index (κ1) is 19.5. The molecule has 0 aliphatic rings. The molecular weight excluding hydrogens is 258 g/mol. The molecule has 0 bridgehead atoms. The molecule has 0 aromatic heterocycles. The van der Waals surface area contributed by atoms with E-state index in [0.29, 0.717) is 0 Å². The highest BCUT2D eigenvalue weighted by molar-refractivity contribution is 5.85. The number of carbonyl (C=O) groups is 2. The second-order valence-electron chi connectivity index (χ2n) is 6.08. The maximum absolute atomic E-state index is 11.8. The van der Waals surface area contributed by atoms with E-state index < -0.39 is 23.6 Å². The van der Waals surface area contributed by atoms with E-state index in [2.05, 4.69) is 5.32 Å². The lowest BCUT2D eigenvalue weighted by molar-refractivity contribution is -0.160. The fourth-order valence-electron chi connectivity index (χ4n) is 1.26. The molecule has 0 radical (unpaired) electrons. The zero-order valence-electron chi connectivity index (χ0n) is 11.9. The monoisotopic (exact) mass is 281 g/mol. The molecule has 0 saturated heterocycles. The molecule has 108 valence electrons. The first-order valence-corrected chi connectivity index (χ1v) is 5.63. The van der Waals surface area contributed by atoms with Crippen molar-refractivity contribution in [3.8, 4) is 0 Å². The van der Waals surface area contributed by atoms with Crippen molar-refractivity contribution in [2.45, 2.75) is 65.1 Å². The fourth-order valence-corrected chi connectivity index (χ4v) is 1.26. The van der Waals surface area contributed by atoms with Gasteiger partial charge in [0.15, 0.2) is 0 Å². The Morgan fingerprint density at radius 1 is 1.17 bits per heavy atom. The Labute approximate surface area is 115 Å². The highest BCUT2D eigenvalue weighted by Gasteiger charge is 2.30. The lowest BCUT2D eigenvalue weighted by Crippen LogP contribution is -2.50. The van der Waals surface area contributed by atoms with Crippen molar-refractivity contribution in [2.75, 3.05) is 0 Å². The second kappa shape index (κ2) is 6.95. The number of hydrogen-bond acceptors (Lipinski definition) is 4. The molecule has 18 heavy (non-hydrogen) atoms. The Hall–Kier alpha value is -0.810. The third-order valence-electron chi connectivity index (χ3n) is 1.68. The van der Waals surface area contributed by atoms with Crippen molar-refractivity contribution in [3.63, 3.8) is 0 Å². The summed E-state index contributed by atoms with van der Waals surface area (Å²) in [5, 5.41) is 11.7. The van der Waals surface area contributed by atoms with E-state index in [-0.39, 0.29) is 24.4 Å². The summed E-state index contributed by atoms with van der Waals surface area (Å²) in [7, 11) is 0. The van der Waals surface area contributed by atoms with Gasteiger partial charge in [0.1, 0.15) is 11.6 Å². The minimum atomic E-state index is -1.03. The summed E-state index contributed by atoms with van der Waals surface area (Å²) in [6.07, 6.45) is -0.286. The van der Waals surface area contributed by atoms with Gasteiger partial charge in [0.05, 0.1) is 6.42 Å². The van der Waals surface area contributed by atoms with Crippen molar-refractivity contribution in [1.29, 1.82) is 0 Å². The summed E-state index contributed by atoms with van der Waals surface area (Å²) in [5.41, 5.74) is -0.968. The number of ether oxygens (including phenoxy) is 1. The number of aliphatic carboxylic acids is 1. The topological polar surface area (TPSA) is 75.6 Å². The molecule has 0 aromatic carbocycles. The van der Waals surface area contributed by atoms with Crippen LogP contribution < -0.4 is 5.32 Å². The molecule has 0 heterocycles. The van der Waals surface area contributed by atoms with E-state index in [9.17, 15) is 9.59 Å². The van der Waals surface area contributed by atoms with Crippen LogP contribution in [-0.2, 0) is 14.3 Å². The van der Waals surface area contributed by atoms with E-state index in [1.165, 1.54) is 0 Å². The van der Waals surface area contributed by atoms with Gasteiger partial charge in [-0.1, -0.05) is 0 Å². The number of carbonyl (C=O) groups excluding carboxylic acids is 1. The molecule has 0 rings (SSSR count). The van der Waals surface area contributed by atoms with E-state index in [4.69, 9.17) is 9.84 Å². The van der Waals surface area contributed by atoms with Crippen molar-refractivity contribution in [1.82, 2.24) is 5.32 Å². The van der Waals surface area contributed by atoms with Crippen LogP contribution in [0.2, 0.25) is 0 Å².